The molecule has 0 aliphatic rings. The maximum atomic E-state index is 5.82. The number of aliphatic imine (C=N–C) groups is 4. The highest BCUT2D eigenvalue weighted by Gasteiger charge is 2.02. The first kappa shape index (κ1) is 81.4. The zero-order valence-electron chi connectivity index (χ0n) is 57.6. The number of hydrogen-bond acceptors (Lipinski definition) is 9. The Morgan fingerprint density at radius 2 is 0.722 bits per heavy atom. The molecule has 0 amide bonds. The molecule has 0 heterocycles. The summed E-state index contributed by atoms with van der Waals surface area (Å²) in [6.07, 6.45) is 3.43. The van der Waals surface area contributed by atoms with Gasteiger partial charge in [-0.05, 0) is 168 Å². The molecule has 9 nitrogen and oxygen atoms in total. The lowest BCUT2D eigenvalue weighted by atomic mass is 10.1. The Kier molecular flexibility index (Phi) is 41.5. The van der Waals surface area contributed by atoms with Gasteiger partial charge >= 0.3 is 0 Å². The van der Waals surface area contributed by atoms with Crippen LogP contribution in [0.2, 0.25) is 5.02 Å². The highest BCUT2D eigenvalue weighted by atomic mass is 79.9. The predicted octanol–water partition coefficient (Wildman–Crippen LogP) is 24.3. The number of rotatable bonds is 18. The second-order valence-electron chi connectivity index (χ2n) is 21.5. The minimum Gasteiger partial charge on any atom is -0.392 e. The molecule has 0 spiro atoms. The predicted molar refractivity (Wildman–Crippen MR) is 440 cm³/mol. The van der Waals surface area contributed by atoms with Crippen molar-refractivity contribution in [3.8, 4) is 0 Å². The largest absolute Gasteiger partial charge is 0.392 e. The molecule has 10 rings (SSSR count). The van der Waals surface area contributed by atoms with Gasteiger partial charge in [0.05, 0.1) is 28.5 Å². The van der Waals surface area contributed by atoms with Crippen molar-refractivity contribution < 1.29 is 9.68 Å². The molecule has 4 unspecified atom stereocenters. The zero-order valence-corrected chi connectivity index (χ0v) is 64.3. The van der Waals surface area contributed by atoms with E-state index in [1.54, 1.807) is 0 Å². The van der Waals surface area contributed by atoms with Crippen molar-refractivity contribution in [3.63, 3.8) is 0 Å². The summed E-state index contributed by atoms with van der Waals surface area (Å²) in [5.41, 5.74) is 19.4. The Hall–Kier alpha value is -8.02. The van der Waals surface area contributed by atoms with E-state index in [2.05, 4.69) is 186 Å². The molecule has 502 valence electrons. The number of benzene rings is 10. The van der Waals surface area contributed by atoms with Gasteiger partial charge in [0.2, 0.25) is 0 Å². The van der Waals surface area contributed by atoms with Gasteiger partial charge < -0.3 is 9.68 Å². The summed E-state index contributed by atoms with van der Waals surface area (Å²) in [4.78, 5) is 28.0. The fourth-order valence-electron chi connectivity index (χ4n) is 8.44. The smallest absolute Gasteiger partial charge is 0.129 e. The normalized spacial score (nSPS) is 11.8. The van der Waals surface area contributed by atoms with Crippen molar-refractivity contribution in [2.75, 3.05) is 25.9 Å². The third-order valence-electron chi connectivity index (χ3n) is 13.6. The molecule has 10 aromatic rings. The molecular weight excluding hydrogens is 1350 g/mol. The molecular formula is C82H93BrClN7O2P4. The van der Waals surface area contributed by atoms with Crippen molar-refractivity contribution >= 4 is 120 Å². The van der Waals surface area contributed by atoms with E-state index in [1.807, 2.05) is 247 Å². The molecule has 0 bridgehead atoms. The van der Waals surface area contributed by atoms with Crippen molar-refractivity contribution in [1.82, 2.24) is 0 Å². The van der Waals surface area contributed by atoms with Crippen LogP contribution in [0.25, 0.3) is 0 Å². The van der Waals surface area contributed by atoms with Crippen molar-refractivity contribution in [3.05, 3.63) is 339 Å². The van der Waals surface area contributed by atoms with Gasteiger partial charge in [-0.2, -0.15) is 0 Å². The fraction of sp³-hybridized carbons (Fsp3) is 0.183. The maximum Gasteiger partial charge on any atom is 0.129 e. The van der Waals surface area contributed by atoms with E-state index >= 15 is 0 Å². The Morgan fingerprint density at radius 1 is 0.392 bits per heavy atom. The second-order valence-corrected chi connectivity index (χ2v) is 27.1. The Bertz CT molecular complexity index is 4000. The Balaban J connectivity index is 0.000000241. The number of aryl methyl sites for hydroxylation is 1. The van der Waals surface area contributed by atoms with Crippen molar-refractivity contribution in [2.45, 2.75) is 75.2 Å². The molecule has 15 heteroatoms. The van der Waals surface area contributed by atoms with Crippen LogP contribution in [0.3, 0.4) is 0 Å². The van der Waals surface area contributed by atoms with Gasteiger partial charge in [-0.15, -0.1) is 0 Å². The SMILES string of the molecule is C/C(=N\OCP)c1cccc(Cl)c1.C/C(=N\OCP)c1ccccc1.CC(=NP(C)P)c1ccccc1.CC(=Nc1ccc(Br)cc1)c1ccccc1.CC(=Nc1cccc(C)c1)c1ccccc1.CC(=Nc1ccccc1)c1ccccc1.CCCCN=C(C)c1ccccc1. The molecule has 0 saturated carbocycles. The van der Waals surface area contributed by atoms with Crippen LogP contribution in [-0.4, -0.2) is 65.9 Å². The molecule has 97 heavy (non-hydrogen) atoms. The minimum absolute atomic E-state index is 0.259. The van der Waals surface area contributed by atoms with Crippen LogP contribution >= 0.6 is 62.7 Å². The summed E-state index contributed by atoms with van der Waals surface area (Å²) >= 11 is 9.23. The number of hydrogen-bond donors (Lipinski definition) is 0. The average molecular weight is 1450 g/mol. The van der Waals surface area contributed by atoms with Gasteiger partial charge in [0.15, 0.2) is 0 Å². The number of para-hydroxylation sites is 1. The van der Waals surface area contributed by atoms with Gasteiger partial charge in [-0.3, -0.25) is 24.7 Å². The van der Waals surface area contributed by atoms with Crippen LogP contribution < -0.4 is 0 Å². The third-order valence-corrected chi connectivity index (χ3v) is 15.6. The monoisotopic (exact) mass is 1450 g/mol. The second kappa shape index (κ2) is 49.5. The lowest BCUT2D eigenvalue weighted by Crippen LogP contribution is -1.95. The number of unbranched alkanes of at least 4 members (excludes halogenated alkanes) is 1. The summed E-state index contributed by atoms with van der Waals surface area (Å²) in [5.74, 6) is 0. The van der Waals surface area contributed by atoms with E-state index in [4.69, 9.17) is 21.3 Å². The van der Waals surface area contributed by atoms with Crippen molar-refractivity contribution in [2.24, 2.45) is 35.0 Å². The van der Waals surface area contributed by atoms with E-state index in [1.165, 1.54) is 40.7 Å². The highest BCUT2D eigenvalue weighted by Crippen LogP contribution is 2.42. The maximum absolute atomic E-state index is 5.82. The molecule has 0 fully saturated rings. The first-order chi connectivity index (χ1) is 47.0. The average Bonchev–Trinajstić information content (AvgIpc) is 2.12. The summed E-state index contributed by atoms with van der Waals surface area (Å²) in [7, 11) is 7.36. The lowest BCUT2D eigenvalue weighted by Gasteiger charge is -2.02. The topological polar surface area (TPSA) is 105 Å². The van der Waals surface area contributed by atoms with Crippen molar-refractivity contribution in [1.29, 1.82) is 0 Å². The van der Waals surface area contributed by atoms with Gasteiger partial charge in [-0.25, -0.2) is 0 Å². The lowest BCUT2D eigenvalue weighted by molar-refractivity contribution is 0.196. The summed E-state index contributed by atoms with van der Waals surface area (Å²) < 4.78 is 5.57. The third kappa shape index (κ3) is 35.7. The molecule has 0 aliphatic heterocycles. The Labute approximate surface area is 600 Å². The molecule has 0 aliphatic carbocycles. The fourth-order valence-corrected chi connectivity index (χ4v) is 10.2. The standard InChI is InChI=1S/C15H15N.C14H12BrN.C14H13N.C12H17N.C9H11ClNOP.C9H12NOP.C9H13NP2/c1-12-7-6-10-15(11-12)16-13(2)14-8-4-3-5-9-14;1-11(12-5-3-2-4-6-12)16-14-9-7-13(15)8-10-14;1-12(13-8-4-2-5-9-13)15-14-10-6-3-7-11-14;1-3-4-10-13-11(2)12-8-6-5-7-9-12;1-7(11-12-6-13)8-3-2-4-9(10)5-8;1-8(10-11-7-12)9-5-3-2-4-6-9;1-8(10-12(2)11)9-6-4-3-5-7-9/h3-11H,1-2H3;2-10H,1H3;2-11H,1H3;5-9H,3-4,10H2,1-2H3;2-5H,6,13H2,1H3;2-6H,7,12H2,1H3;3-7H,11H2,1-2H3/b;;;;11-7+;10-8+;. The van der Waals surface area contributed by atoms with E-state index < -0.39 is 0 Å². The van der Waals surface area contributed by atoms with Crippen LogP contribution in [0.1, 0.15) is 113 Å². The van der Waals surface area contributed by atoms with Crippen LogP contribution in [-0.2, 0) is 9.68 Å². The molecule has 0 N–H and O–H groups in total. The first-order valence-electron chi connectivity index (χ1n) is 31.9. The van der Waals surface area contributed by atoms with Gasteiger partial charge in [0, 0.05) is 57.9 Å². The minimum atomic E-state index is -0.259. The molecule has 0 saturated heterocycles. The summed E-state index contributed by atoms with van der Waals surface area (Å²) in [5, 5.41) is 8.51. The number of nitrogens with zero attached hydrogens (tertiary/aromatic N) is 7. The highest BCUT2D eigenvalue weighted by molar-refractivity contribution is 9.10. The Morgan fingerprint density at radius 3 is 1.10 bits per heavy atom. The van der Waals surface area contributed by atoms with E-state index in [-0.39, 0.29) is 7.76 Å². The van der Waals surface area contributed by atoms with Gasteiger partial charge in [0.1, 0.15) is 12.7 Å². The van der Waals surface area contributed by atoms with Crippen LogP contribution in [0.4, 0.5) is 17.1 Å². The zero-order chi connectivity index (χ0) is 70.3. The quantitative estimate of drug-likeness (QED) is 0.0369. The van der Waals surface area contributed by atoms with Gasteiger partial charge in [-0.1, -0.05) is 303 Å². The summed E-state index contributed by atoms with van der Waals surface area (Å²) in [6, 6.07) is 94.9. The van der Waals surface area contributed by atoms with E-state index in [0.717, 1.165) is 84.8 Å². The number of halogens is 2. The van der Waals surface area contributed by atoms with E-state index in [9.17, 15) is 0 Å². The molecule has 0 radical (unpaired) electrons. The number of oxime groups is 2. The molecule has 4 atom stereocenters. The van der Waals surface area contributed by atoms with Gasteiger partial charge in [0.25, 0.3) is 0 Å². The van der Waals surface area contributed by atoms with Crippen LogP contribution in [0, 0.1) is 6.92 Å². The molecule has 10 aromatic carbocycles. The summed E-state index contributed by atoms with van der Waals surface area (Å²) in [6.45, 7) is 21.4. The first-order valence-corrected chi connectivity index (χ1v) is 38.1. The van der Waals surface area contributed by atoms with E-state index in [0.29, 0.717) is 17.7 Å². The molecule has 0 aromatic heterocycles. The van der Waals surface area contributed by atoms with Crippen LogP contribution in [0.5, 0.6) is 0 Å². The van der Waals surface area contributed by atoms with Crippen LogP contribution in [0.15, 0.2) is 325 Å².